The normalized spacial score (nSPS) is 28.5. The first kappa shape index (κ1) is 14.4. The van der Waals surface area contributed by atoms with Crippen LogP contribution in [0.4, 0.5) is 0 Å². The average Bonchev–Trinajstić information content (AvgIpc) is 3.23. The van der Waals surface area contributed by atoms with Crippen molar-refractivity contribution in [3.05, 3.63) is 23.8 Å². The van der Waals surface area contributed by atoms with E-state index in [9.17, 15) is 9.59 Å². The van der Waals surface area contributed by atoms with Crippen LogP contribution in [0.25, 0.3) is 0 Å². The maximum atomic E-state index is 12.6. The van der Waals surface area contributed by atoms with Gasteiger partial charge in [-0.2, -0.15) is 0 Å². The molecule has 1 saturated carbocycles. The summed E-state index contributed by atoms with van der Waals surface area (Å²) in [4.78, 5) is 25.4. The highest BCUT2D eigenvalue weighted by Gasteiger charge is 2.51. The second kappa shape index (κ2) is 5.44. The van der Waals surface area contributed by atoms with Gasteiger partial charge >= 0.3 is 5.97 Å². The predicted octanol–water partition coefficient (Wildman–Crippen LogP) is 1.84. The zero-order valence-corrected chi connectivity index (χ0v) is 12.7. The number of likely N-dealkylation sites (tertiary alicyclic amines) is 1. The van der Waals surface area contributed by atoms with Crippen molar-refractivity contribution in [3.63, 3.8) is 0 Å². The molecule has 23 heavy (non-hydrogen) atoms. The minimum atomic E-state index is -0.863. The number of hydrogen-bond acceptors (Lipinski definition) is 4. The second-order valence-corrected chi connectivity index (χ2v) is 6.38. The molecule has 1 aromatic carbocycles. The lowest BCUT2D eigenvalue weighted by atomic mass is 10.0. The van der Waals surface area contributed by atoms with E-state index in [4.69, 9.17) is 14.6 Å². The number of hydrogen-bond donors (Lipinski definition) is 1. The number of aliphatic carboxylic acids is 1. The molecule has 0 spiro atoms. The summed E-state index contributed by atoms with van der Waals surface area (Å²) >= 11 is 0. The maximum Gasteiger partial charge on any atom is 0.307 e. The molecular formula is C17H19NO5. The molecule has 0 unspecified atom stereocenters. The summed E-state index contributed by atoms with van der Waals surface area (Å²) in [5.41, 5.74) is 1.03. The molecular weight excluding hydrogens is 298 g/mol. The SMILES string of the molecule is O=C(O)[C@@H]1C[C@H]1C(=O)N1CCC[C@H]1c1ccc2c(c1)OCCO2. The van der Waals surface area contributed by atoms with Crippen LogP contribution in [0.5, 0.6) is 11.5 Å². The monoisotopic (exact) mass is 317 g/mol. The predicted molar refractivity (Wildman–Crippen MR) is 80.4 cm³/mol. The van der Waals surface area contributed by atoms with Crippen LogP contribution < -0.4 is 9.47 Å². The lowest BCUT2D eigenvalue weighted by Gasteiger charge is -2.27. The van der Waals surface area contributed by atoms with Crippen LogP contribution >= 0.6 is 0 Å². The van der Waals surface area contributed by atoms with Crippen LogP contribution in [0.1, 0.15) is 30.9 Å². The number of carboxylic acid groups (broad SMARTS) is 1. The first-order valence-electron chi connectivity index (χ1n) is 8.08. The molecule has 2 aliphatic heterocycles. The van der Waals surface area contributed by atoms with E-state index in [1.807, 2.05) is 23.1 Å². The molecule has 6 heteroatoms. The summed E-state index contributed by atoms with van der Waals surface area (Å²) in [5.74, 6) is -0.255. The van der Waals surface area contributed by atoms with Gasteiger partial charge in [-0.1, -0.05) is 6.07 Å². The fourth-order valence-corrected chi connectivity index (χ4v) is 3.60. The van der Waals surface area contributed by atoms with Gasteiger partial charge in [-0.3, -0.25) is 9.59 Å². The first-order valence-corrected chi connectivity index (χ1v) is 8.08. The summed E-state index contributed by atoms with van der Waals surface area (Å²) in [5, 5.41) is 9.03. The molecule has 0 bridgehead atoms. The van der Waals surface area contributed by atoms with Crippen molar-refractivity contribution in [1.29, 1.82) is 0 Å². The highest BCUT2D eigenvalue weighted by atomic mass is 16.6. The van der Waals surface area contributed by atoms with Crippen LogP contribution in [0.3, 0.4) is 0 Å². The van der Waals surface area contributed by atoms with Gasteiger partial charge in [0, 0.05) is 6.54 Å². The van der Waals surface area contributed by atoms with Crippen LogP contribution in [-0.2, 0) is 9.59 Å². The molecule has 2 heterocycles. The number of fused-ring (bicyclic) bond motifs is 1. The number of rotatable bonds is 3. The maximum absolute atomic E-state index is 12.6. The summed E-state index contributed by atoms with van der Waals surface area (Å²) < 4.78 is 11.2. The quantitative estimate of drug-likeness (QED) is 0.920. The van der Waals surface area contributed by atoms with Gasteiger partial charge in [0.25, 0.3) is 0 Å². The largest absolute Gasteiger partial charge is 0.486 e. The zero-order chi connectivity index (χ0) is 16.0. The molecule has 1 aliphatic carbocycles. The molecule has 0 radical (unpaired) electrons. The Kier molecular flexibility index (Phi) is 3.39. The Morgan fingerprint density at radius 3 is 2.65 bits per heavy atom. The van der Waals surface area contributed by atoms with E-state index in [1.54, 1.807) is 0 Å². The number of carbonyl (C=O) groups is 2. The molecule has 1 N–H and O–H groups in total. The number of ether oxygens (including phenoxy) is 2. The van der Waals surface area contributed by atoms with Crippen molar-refractivity contribution in [2.45, 2.75) is 25.3 Å². The van der Waals surface area contributed by atoms with E-state index in [-0.39, 0.29) is 17.9 Å². The molecule has 122 valence electrons. The summed E-state index contributed by atoms with van der Waals surface area (Å²) in [7, 11) is 0. The van der Waals surface area contributed by atoms with Gasteiger partial charge in [0.05, 0.1) is 17.9 Å². The van der Waals surface area contributed by atoms with Gasteiger partial charge in [-0.05, 0) is 37.0 Å². The molecule has 1 amide bonds. The smallest absolute Gasteiger partial charge is 0.307 e. The Hall–Kier alpha value is -2.24. The van der Waals surface area contributed by atoms with Gasteiger partial charge in [0.15, 0.2) is 11.5 Å². The Balaban J connectivity index is 1.54. The highest BCUT2D eigenvalue weighted by molar-refractivity contribution is 5.89. The topological polar surface area (TPSA) is 76.1 Å². The standard InChI is InChI=1S/C17H19NO5/c19-16(11-9-12(11)17(20)21)18-5-1-2-13(18)10-3-4-14-15(8-10)23-7-6-22-14/h3-4,8,11-13H,1-2,5-7,9H2,(H,20,21)/t11-,12-,13+/m1/s1. The van der Waals surface area contributed by atoms with E-state index >= 15 is 0 Å². The van der Waals surface area contributed by atoms with E-state index in [1.165, 1.54) is 0 Å². The highest BCUT2D eigenvalue weighted by Crippen LogP contribution is 2.44. The van der Waals surface area contributed by atoms with Crippen molar-refractivity contribution >= 4 is 11.9 Å². The van der Waals surface area contributed by atoms with E-state index in [2.05, 4.69) is 0 Å². The van der Waals surface area contributed by atoms with Crippen LogP contribution in [0, 0.1) is 11.8 Å². The Morgan fingerprint density at radius 2 is 1.91 bits per heavy atom. The number of amides is 1. The van der Waals surface area contributed by atoms with Gasteiger partial charge in [0.2, 0.25) is 5.91 Å². The zero-order valence-electron chi connectivity index (χ0n) is 12.7. The van der Waals surface area contributed by atoms with E-state index < -0.39 is 11.9 Å². The average molecular weight is 317 g/mol. The lowest BCUT2D eigenvalue weighted by Crippen LogP contribution is -2.32. The van der Waals surface area contributed by atoms with Crippen LogP contribution in [0.2, 0.25) is 0 Å². The van der Waals surface area contributed by atoms with Crippen molar-refractivity contribution in [2.75, 3.05) is 19.8 Å². The minimum Gasteiger partial charge on any atom is -0.486 e. The Morgan fingerprint density at radius 1 is 1.13 bits per heavy atom. The molecule has 2 fully saturated rings. The fourth-order valence-electron chi connectivity index (χ4n) is 3.60. The fraction of sp³-hybridized carbons (Fsp3) is 0.529. The number of nitrogens with zero attached hydrogens (tertiary/aromatic N) is 1. The second-order valence-electron chi connectivity index (χ2n) is 6.38. The van der Waals surface area contributed by atoms with Crippen molar-refractivity contribution in [3.8, 4) is 11.5 Å². The van der Waals surface area contributed by atoms with E-state index in [0.29, 0.717) is 26.2 Å². The third kappa shape index (κ3) is 2.52. The molecule has 1 aromatic rings. The Bertz CT molecular complexity index is 658. The number of carboxylic acids is 1. The number of carbonyl (C=O) groups excluding carboxylic acids is 1. The summed E-state index contributed by atoms with van der Waals surface area (Å²) in [6, 6.07) is 5.83. The third-order valence-corrected chi connectivity index (χ3v) is 4.91. The molecule has 1 saturated heterocycles. The van der Waals surface area contributed by atoms with E-state index in [0.717, 1.165) is 29.9 Å². The molecule has 6 nitrogen and oxygen atoms in total. The summed E-state index contributed by atoms with van der Waals surface area (Å²) in [6.07, 6.45) is 2.31. The van der Waals surface area contributed by atoms with Crippen molar-refractivity contribution in [2.24, 2.45) is 11.8 Å². The van der Waals surface area contributed by atoms with Crippen LogP contribution in [-0.4, -0.2) is 41.6 Å². The summed E-state index contributed by atoms with van der Waals surface area (Å²) in [6.45, 7) is 1.78. The first-order chi connectivity index (χ1) is 11.1. The third-order valence-electron chi connectivity index (χ3n) is 4.91. The molecule has 3 aliphatic rings. The minimum absolute atomic E-state index is 0.00775. The molecule has 3 atom stereocenters. The van der Waals surface area contributed by atoms with Gasteiger partial charge in [-0.15, -0.1) is 0 Å². The Labute approximate surface area is 134 Å². The number of benzene rings is 1. The van der Waals surface area contributed by atoms with Gasteiger partial charge in [0.1, 0.15) is 13.2 Å². The molecule has 0 aromatic heterocycles. The molecule has 4 rings (SSSR count). The van der Waals surface area contributed by atoms with Gasteiger partial charge in [-0.25, -0.2) is 0 Å². The van der Waals surface area contributed by atoms with Crippen LogP contribution in [0.15, 0.2) is 18.2 Å². The lowest BCUT2D eigenvalue weighted by molar-refractivity contribution is -0.142. The van der Waals surface area contributed by atoms with Gasteiger partial charge < -0.3 is 19.5 Å². The van der Waals surface area contributed by atoms with Crippen molar-refractivity contribution < 1.29 is 24.2 Å². The van der Waals surface area contributed by atoms with Crippen molar-refractivity contribution in [1.82, 2.24) is 4.90 Å².